The fraction of sp³-hybridized carbons (Fsp3) is 0.750. The molecule has 1 aliphatic carbocycles. The third-order valence-electron chi connectivity index (χ3n) is 4.74. The van der Waals surface area contributed by atoms with Crippen LogP contribution in [0.1, 0.15) is 25.0 Å². The summed E-state index contributed by atoms with van der Waals surface area (Å²) in [7, 11) is 7.88. The lowest BCUT2D eigenvalue weighted by atomic mass is 10.3. The molecular formula is C16H29N7. The molecule has 0 spiro atoms. The third-order valence-corrected chi connectivity index (χ3v) is 4.74. The maximum Gasteiger partial charge on any atom is 0.204 e. The maximum atomic E-state index is 4.44. The quantitative estimate of drug-likeness (QED) is 0.607. The van der Waals surface area contributed by atoms with Crippen molar-refractivity contribution in [2.45, 2.75) is 37.9 Å². The molecule has 7 heteroatoms. The normalized spacial score (nSPS) is 22.4. The molecule has 2 N–H and O–H groups in total. The van der Waals surface area contributed by atoms with Crippen LogP contribution < -0.4 is 15.5 Å². The molecule has 0 radical (unpaired) electrons. The van der Waals surface area contributed by atoms with E-state index in [0.29, 0.717) is 6.04 Å². The van der Waals surface area contributed by atoms with Gasteiger partial charge in [-0.3, -0.25) is 9.89 Å². The first-order valence-corrected chi connectivity index (χ1v) is 8.47. The number of nitrogens with one attached hydrogen (secondary N) is 2. The van der Waals surface area contributed by atoms with Gasteiger partial charge in [-0.15, -0.1) is 0 Å². The van der Waals surface area contributed by atoms with Crippen LogP contribution in [0, 0.1) is 0 Å². The van der Waals surface area contributed by atoms with Gasteiger partial charge in [-0.2, -0.15) is 0 Å². The SMILES string of the molecule is CN=C(NCc1cnc(N(C)C)n1C)NC1CCN(C2CC2)C1. The van der Waals surface area contributed by atoms with E-state index in [4.69, 9.17) is 0 Å². The summed E-state index contributed by atoms with van der Waals surface area (Å²) in [6.45, 7) is 3.07. The van der Waals surface area contributed by atoms with Gasteiger partial charge in [-0.1, -0.05) is 0 Å². The number of likely N-dealkylation sites (tertiary alicyclic amines) is 1. The van der Waals surface area contributed by atoms with E-state index >= 15 is 0 Å². The number of imidazole rings is 1. The number of anilines is 1. The Morgan fingerprint density at radius 1 is 1.39 bits per heavy atom. The predicted molar refractivity (Wildman–Crippen MR) is 93.9 cm³/mol. The van der Waals surface area contributed by atoms with E-state index in [0.717, 1.165) is 36.7 Å². The molecule has 7 nitrogen and oxygen atoms in total. The van der Waals surface area contributed by atoms with Crippen molar-refractivity contribution in [2.24, 2.45) is 12.0 Å². The van der Waals surface area contributed by atoms with Gasteiger partial charge < -0.3 is 20.1 Å². The van der Waals surface area contributed by atoms with Crippen molar-refractivity contribution in [3.63, 3.8) is 0 Å². The molecule has 23 heavy (non-hydrogen) atoms. The van der Waals surface area contributed by atoms with Gasteiger partial charge in [0.15, 0.2) is 5.96 Å². The molecule has 0 aromatic carbocycles. The van der Waals surface area contributed by atoms with Crippen LogP contribution in [0.3, 0.4) is 0 Å². The summed E-state index contributed by atoms with van der Waals surface area (Å²) in [4.78, 5) is 13.4. The van der Waals surface area contributed by atoms with Crippen molar-refractivity contribution in [1.82, 2.24) is 25.1 Å². The van der Waals surface area contributed by atoms with Crippen LogP contribution in [-0.4, -0.2) is 66.7 Å². The largest absolute Gasteiger partial charge is 0.352 e. The van der Waals surface area contributed by atoms with Crippen molar-refractivity contribution >= 4 is 11.9 Å². The monoisotopic (exact) mass is 319 g/mol. The van der Waals surface area contributed by atoms with Gasteiger partial charge in [0.05, 0.1) is 18.4 Å². The lowest BCUT2D eigenvalue weighted by Crippen LogP contribution is -2.44. The highest BCUT2D eigenvalue weighted by Gasteiger charge is 2.34. The minimum atomic E-state index is 0.505. The Morgan fingerprint density at radius 3 is 2.78 bits per heavy atom. The van der Waals surface area contributed by atoms with Crippen molar-refractivity contribution in [3.8, 4) is 0 Å². The average Bonchev–Trinajstić information content (AvgIpc) is 3.16. The molecular weight excluding hydrogens is 290 g/mol. The Labute approximate surface area is 138 Å². The van der Waals surface area contributed by atoms with E-state index in [1.807, 2.05) is 39.3 Å². The summed E-state index contributed by atoms with van der Waals surface area (Å²) in [6, 6.07) is 1.36. The second-order valence-corrected chi connectivity index (χ2v) is 6.78. The molecule has 1 aromatic rings. The minimum absolute atomic E-state index is 0.505. The first-order valence-electron chi connectivity index (χ1n) is 8.47. The van der Waals surface area contributed by atoms with Crippen molar-refractivity contribution < 1.29 is 0 Å². The van der Waals surface area contributed by atoms with Gasteiger partial charge in [0.25, 0.3) is 0 Å². The highest BCUT2D eigenvalue weighted by atomic mass is 15.3. The fourth-order valence-electron chi connectivity index (χ4n) is 3.25. The van der Waals surface area contributed by atoms with Gasteiger partial charge >= 0.3 is 0 Å². The number of aliphatic imine (C=N–C) groups is 1. The van der Waals surface area contributed by atoms with Crippen molar-refractivity contribution in [3.05, 3.63) is 11.9 Å². The number of nitrogens with zero attached hydrogens (tertiary/aromatic N) is 5. The van der Waals surface area contributed by atoms with E-state index in [-0.39, 0.29) is 0 Å². The predicted octanol–water partition coefficient (Wildman–Crippen LogP) is 0.388. The smallest absolute Gasteiger partial charge is 0.204 e. The Hall–Kier alpha value is -1.76. The first-order chi connectivity index (χ1) is 11.1. The fourth-order valence-corrected chi connectivity index (χ4v) is 3.25. The van der Waals surface area contributed by atoms with Crippen LogP contribution in [0.5, 0.6) is 0 Å². The summed E-state index contributed by atoms with van der Waals surface area (Å²) in [6.07, 6.45) is 5.89. The van der Waals surface area contributed by atoms with Gasteiger partial charge in [0.1, 0.15) is 0 Å². The molecule has 1 aromatic heterocycles. The topological polar surface area (TPSA) is 60.7 Å². The molecule has 3 rings (SSSR count). The molecule has 2 heterocycles. The van der Waals surface area contributed by atoms with Crippen LogP contribution >= 0.6 is 0 Å². The Morgan fingerprint density at radius 2 is 2.17 bits per heavy atom. The summed E-state index contributed by atoms with van der Waals surface area (Å²) < 4.78 is 2.10. The van der Waals surface area contributed by atoms with E-state index < -0.39 is 0 Å². The molecule has 1 aliphatic heterocycles. The first kappa shape index (κ1) is 16.1. The number of rotatable bonds is 5. The number of guanidine groups is 1. The highest BCUT2D eigenvalue weighted by Crippen LogP contribution is 2.29. The molecule has 1 unspecified atom stereocenters. The van der Waals surface area contributed by atoms with E-state index in [9.17, 15) is 0 Å². The third kappa shape index (κ3) is 3.77. The minimum Gasteiger partial charge on any atom is -0.352 e. The van der Waals surface area contributed by atoms with Crippen molar-refractivity contribution in [2.75, 3.05) is 39.1 Å². The second-order valence-electron chi connectivity index (χ2n) is 6.78. The zero-order chi connectivity index (χ0) is 16.4. The van der Waals surface area contributed by atoms with Gasteiger partial charge in [0.2, 0.25) is 5.95 Å². The lowest BCUT2D eigenvalue weighted by molar-refractivity contribution is 0.321. The summed E-state index contributed by atoms with van der Waals surface area (Å²) in [5.41, 5.74) is 1.14. The van der Waals surface area contributed by atoms with Gasteiger partial charge in [0, 0.05) is 53.4 Å². The average molecular weight is 319 g/mol. The molecule has 0 bridgehead atoms. The Balaban J connectivity index is 1.50. The Bertz CT molecular complexity index is 559. The van der Waals surface area contributed by atoms with Crippen LogP contribution in [-0.2, 0) is 13.6 Å². The summed E-state index contributed by atoms with van der Waals surface area (Å²) >= 11 is 0. The molecule has 2 aliphatic rings. The molecule has 1 atom stereocenters. The maximum absolute atomic E-state index is 4.44. The van der Waals surface area contributed by atoms with Crippen LogP contribution in [0.4, 0.5) is 5.95 Å². The number of hydrogen-bond donors (Lipinski definition) is 2. The lowest BCUT2D eigenvalue weighted by Gasteiger charge is -2.19. The van der Waals surface area contributed by atoms with E-state index in [1.54, 1.807) is 0 Å². The zero-order valence-electron chi connectivity index (χ0n) is 14.7. The van der Waals surface area contributed by atoms with Crippen molar-refractivity contribution in [1.29, 1.82) is 0 Å². The van der Waals surface area contributed by atoms with E-state index in [1.165, 1.54) is 25.8 Å². The van der Waals surface area contributed by atoms with Crippen LogP contribution in [0.25, 0.3) is 0 Å². The summed E-state index contributed by atoms with van der Waals surface area (Å²) in [5, 5.41) is 6.96. The molecule has 1 saturated heterocycles. The zero-order valence-corrected chi connectivity index (χ0v) is 14.7. The summed E-state index contributed by atoms with van der Waals surface area (Å²) in [5.74, 6) is 1.83. The van der Waals surface area contributed by atoms with Crippen LogP contribution in [0.15, 0.2) is 11.2 Å². The number of aromatic nitrogens is 2. The molecule has 1 saturated carbocycles. The molecule has 128 valence electrons. The Kier molecular flexibility index (Phi) is 4.75. The molecule has 0 amide bonds. The van der Waals surface area contributed by atoms with E-state index in [2.05, 4.69) is 30.1 Å². The van der Waals surface area contributed by atoms with Crippen LogP contribution in [0.2, 0.25) is 0 Å². The highest BCUT2D eigenvalue weighted by molar-refractivity contribution is 5.80. The van der Waals surface area contributed by atoms with Gasteiger partial charge in [-0.25, -0.2) is 4.98 Å². The second kappa shape index (κ2) is 6.78. The van der Waals surface area contributed by atoms with Gasteiger partial charge in [-0.05, 0) is 19.3 Å². The number of hydrogen-bond acceptors (Lipinski definition) is 4. The standard InChI is InChI=1S/C16H29N7/c1-17-15(20-12-7-8-23(11-12)13-5-6-13)18-9-14-10-19-16(21(2)3)22(14)4/h10,12-13H,5-9,11H2,1-4H3,(H2,17,18,20). The molecule has 2 fully saturated rings.